The number of ether oxygens (including phenoxy) is 1. The lowest BCUT2D eigenvalue weighted by atomic mass is 10.1. The first-order valence-electron chi connectivity index (χ1n) is 5.55. The van der Waals surface area contributed by atoms with E-state index in [1.165, 1.54) is 5.56 Å². The maximum atomic E-state index is 10.4. The van der Waals surface area contributed by atoms with Gasteiger partial charge >= 0.3 is 6.16 Å². The molecule has 0 bridgehead atoms. The summed E-state index contributed by atoms with van der Waals surface area (Å²) in [6.45, 7) is 4.48. The van der Waals surface area contributed by atoms with Gasteiger partial charge in [-0.25, -0.2) is 4.79 Å². The van der Waals surface area contributed by atoms with E-state index in [-0.39, 0.29) is 5.88 Å². The topological polar surface area (TPSA) is 64.4 Å². The molecule has 5 heteroatoms. The van der Waals surface area contributed by atoms with Crippen molar-refractivity contribution in [2.45, 2.75) is 20.4 Å². The highest BCUT2D eigenvalue weighted by Gasteiger charge is 2.08. The molecule has 1 aromatic carbocycles. The van der Waals surface area contributed by atoms with Crippen LogP contribution in [0.4, 0.5) is 4.79 Å². The smallest absolute Gasteiger partial charge is 0.449 e. The van der Waals surface area contributed by atoms with E-state index in [2.05, 4.69) is 9.84 Å². The first kappa shape index (κ1) is 12.2. The quantitative estimate of drug-likeness (QED) is 0.845. The monoisotopic (exact) mass is 246 g/mol. The second kappa shape index (κ2) is 4.91. The number of hydrogen-bond acceptors (Lipinski definition) is 3. The van der Waals surface area contributed by atoms with Crippen LogP contribution in [0.1, 0.15) is 16.8 Å². The molecule has 0 amide bonds. The van der Waals surface area contributed by atoms with Gasteiger partial charge in [-0.3, -0.25) is 4.68 Å². The fourth-order valence-corrected chi connectivity index (χ4v) is 1.65. The predicted octanol–water partition coefficient (Wildman–Crippen LogP) is 2.61. The second-order valence-corrected chi connectivity index (χ2v) is 4.14. The van der Waals surface area contributed by atoms with E-state index in [0.29, 0.717) is 6.54 Å². The SMILES string of the molecule is Cc1ccc(Cn2nc(OC(=O)O)cc2C)cc1. The molecule has 0 aliphatic rings. The fraction of sp³-hybridized carbons (Fsp3) is 0.231. The molecule has 0 spiro atoms. The highest BCUT2D eigenvalue weighted by Crippen LogP contribution is 2.13. The average molecular weight is 246 g/mol. The van der Waals surface area contributed by atoms with Gasteiger partial charge in [-0.2, -0.15) is 0 Å². The molecule has 2 aromatic rings. The highest BCUT2D eigenvalue weighted by atomic mass is 16.7. The van der Waals surface area contributed by atoms with E-state index in [4.69, 9.17) is 5.11 Å². The molecular weight excluding hydrogens is 232 g/mol. The van der Waals surface area contributed by atoms with Crippen LogP contribution in [0, 0.1) is 13.8 Å². The molecule has 0 saturated heterocycles. The third-order valence-electron chi connectivity index (χ3n) is 2.60. The number of hydrogen-bond donors (Lipinski definition) is 1. The van der Waals surface area contributed by atoms with Gasteiger partial charge in [0.15, 0.2) is 0 Å². The number of benzene rings is 1. The van der Waals surface area contributed by atoms with Crippen molar-refractivity contribution in [3.63, 3.8) is 0 Å². The molecule has 0 aliphatic carbocycles. The Morgan fingerprint density at radius 1 is 1.33 bits per heavy atom. The maximum absolute atomic E-state index is 10.4. The minimum absolute atomic E-state index is 0.104. The van der Waals surface area contributed by atoms with Crippen LogP contribution in [-0.2, 0) is 6.54 Å². The molecular formula is C13H14N2O3. The Bertz CT molecular complexity index is 558. The van der Waals surface area contributed by atoms with Crippen molar-refractivity contribution in [2.75, 3.05) is 0 Å². The second-order valence-electron chi connectivity index (χ2n) is 4.14. The van der Waals surface area contributed by atoms with Crippen LogP contribution in [0.3, 0.4) is 0 Å². The first-order valence-corrected chi connectivity index (χ1v) is 5.55. The van der Waals surface area contributed by atoms with Crippen LogP contribution in [0.15, 0.2) is 30.3 Å². The zero-order chi connectivity index (χ0) is 13.1. The molecule has 1 aromatic heterocycles. The summed E-state index contributed by atoms with van der Waals surface area (Å²) in [4.78, 5) is 10.4. The molecule has 0 radical (unpaired) electrons. The lowest BCUT2D eigenvalue weighted by molar-refractivity contribution is 0.142. The van der Waals surface area contributed by atoms with Crippen LogP contribution in [0.25, 0.3) is 0 Å². The lowest BCUT2D eigenvalue weighted by Gasteiger charge is -2.04. The molecule has 1 N–H and O–H groups in total. The molecule has 2 rings (SSSR count). The normalized spacial score (nSPS) is 10.3. The Morgan fingerprint density at radius 2 is 2.00 bits per heavy atom. The van der Waals surface area contributed by atoms with Gasteiger partial charge in [0, 0.05) is 11.8 Å². The minimum Gasteiger partial charge on any atom is -0.449 e. The van der Waals surface area contributed by atoms with Gasteiger partial charge in [0.05, 0.1) is 6.54 Å². The predicted molar refractivity (Wildman–Crippen MR) is 65.9 cm³/mol. The van der Waals surface area contributed by atoms with Gasteiger partial charge in [0.1, 0.15) is 0 Å². The molecule has 5 nitrogen and oxygen atoms in total. The van der Waals surface area contributed by atoms with E-state index in [1.807, 2.05) is 38.1 Å². The zero-order valence-corrected chi connectivity index (χ0v) is 10.3. The number of carbonyl (C=O) groups is 1. The Morgan fingerprint density at radius 3 is 2.61 bits per heavy atom. The third-order valence-corrected chi connectivity index (χ3v) is 2.60. The summed E-state index contributed by atoms with van der Waals surface area (Å²) in [6.07, 6.45) is -1.35. The molecule has 94 valence electrons. The van der Waals surface area contributed by atoms with E-state index in [1.54, 1.807) is 10.7 Å². The largest absolute Gasteiger partial charge is 0.512 e. The fourth-order valence-electron chi connectivity index (χ4n) is 1.65. The van der Waals surface area contributed by atoms with Crippen molar-refractivity contribution in [3.8, 4) is 5.88 Å². The van der Waals surface area contributed by atoms with Crippen LogP contribution in [0.5, 0.6) is 5.88 Å². The average Bonchev–Trinajstić information content (AvgIpc) is 2.61. The summed E-state index contributed by atoms with van der Waals surface area (Å²) in [5.41, 5.74) is 3.16. The summed E-state index contributed by atoms with van der Waals surface area (Å²) < 4.78 is 6.23. The van der Waals surface area contributed by atoms with Gasteiger partial charge < -0.3 is 9.84 Å². The minimum atomic E-state index is -1.35. The van der Waals surface area contributed by atoms with Gasteiger partial charge in [-0.15, -0.1) is 5.10 Å². The maximum Gasteiger partial charge on any atom is 0.512 e. The molecule has 0 unspecified atom stereocenters. The van der Waals surface area contributed by atoms with Crippen molar-refractivity contribution in [1.82, 2.24) is 9.78 Å². The molecule has 0 aliphatic heterocycles. The zero-order valence-electron chi connectivity index (χ0n) is 10.3. The lowest BCUT2D eigenvalue weighted by Crippen LogP contribution is -2.06. The van der Waals surface area contributed by atoms with E-state index in [0.717, 1.165) is 11.3 Å². The molecule has 18 heavy (non-hydrogen) atoms. The molecule has 0 atom stereocenters. The van der Waals surface area contributed by atoms with Gasteiger partial charge in [0.25, 0.3) is 0 Å². The summed E-state index contributed by atoms with van der Waals surface area (Å²) in [5.74, 6) is 0.104. The van der Waals surface area contributed by atoms with Crippen molar-refractivity contribution >= 4 is 6.16 Å². The van der Waals surface area contributed by atoms with Gasteiger partial charge in [0.2, 0.25) is 5.88 Å². The Labute approximate surface area is 105 Å². The van der Waals surface area contributed by atoms with Crippen LogP contribution >= 0.6 is 0 Å². The van der Waals surface area contributed by atoms with E-state index < -0.39 is 6.16 Å². The summed E-state index contributed by atoms with van der Waals surface area (Å²) in [5, 5.41) is 12.6. The Kier molecular flexibility index (Phi) is 3.32. The van der Waals surface area contributed by atoms with Gasteiger partial charge in [-0.05, 0) is 19.4 Å². The molecule has 0 fully saturated rings. The Balaban J connectivity index is 2.16. The van der Waals surface area contributed by atoms with Gasteiger partial charge in [-0.1, -0.05) is 29.8 Å². The number of carboxylic acid groups (broad SMARTS) is 1. The Hall–Kier alpha value is -2.30. The van der Waals surface area contributed by atoms with Crippen molar-refractivity contribution in [3.05, 3.63) is 47.2 Å². The highest BCUT2D eigenvalue weighted by molar-refractivity contribution is 5.60. The van der Waals surface area contributed by atoms with Crippen molar-refractivity contribution in [2.24, 2.45) is 0 Å². The van der Waals surface area contributed by atoms with E-state index >= 15 is 0 Å². The van der Waals surface area contributed by atoms with E-state index in [9.17, 15) is 4.79 Å². The third kappa shape index (κ3) is 2.88. The van der Waals surface area contributed by atoms with Crippen LogP contribution < -0.4 is 4.74 Å². The van der Waals surface area contributed by atoms with Crippen molar-refractivity contribution < 1.29 is 14.6 Å². The number of nitrogens with zero attached hydrogens (tertiary/aromatic N) is 2. The molecule has 1 heterocycles. The van der Waals surface area contributed by atoms with Crippen LogP contribution in [-0.4, -0.2) is 21.0 Å². The molecule has 0 saturated carbocycles. The number of rotatable bonds is 3. The number of aromatic nitrogens is 2. The summed E-state index contributed by atoms with van der Waals surface area (Å²) in [6, 6.07) is 9.70. The van der Waals surface area contributed by atoms with Crippen LogP contribution in [0.2, 0.25) is 0 Å². The summed E-state index contributed by atoms with van der Waals surface area (Å²) in [7, 11) is 0. The first-order chi connectivity index (χ1) is 8.54. The number of aryl methyl sites for hydroxylation is 2. The van der Waals surface area contributed by atoms with Crippen molar-refractivity contribution in [1.29, 1.82) is 0 Å². The summed E-state index contributed by atoms with van der Waals surface area (Å²) >= 11 is 0. The standard InChI is InChI=1S/C13H14N2O3/c1-9-3-5-11(6-4-9)8-15-10(2)7-12(14-15)18-13(16)17/h3-7H,8H2,1-2H3,(H,16,17).